The minimum absolute atomic E-state index is 0. The molecule has 1 radical (unpaired) electrons. The maximum atomic E-state index is 9.86. The van der Waals surface area contributed by atoms with Crippen LogP contribution < -0.4 is 15.9 Å². The summed E-state index contributed by atoms with van der Waals surface area (Å²) in [5.41, 5.74) is 5.53. The van der Waals surface area contributed by atoms with Crippen molar-refractivity contribution in [3.8, 4) is 0 Å². The summed E-state index contributed by atoms with van der Waals surface area (Å²) in [4.78, 5) is 26.0. The Morgan fingerprint density at radius 2 is 2.17 bits per heavy atom. The zero-order valence-corrected chi connectivity index (χ0v) is 10.8. The van der Waals surface area contributed by atoms with Gasteiger partial charge in [0.05, 0.1) is 18.0 Å². The first-order valence-electron chi connectivity index (χ1n) is 4.76. The number of carboxylic acids is 2. The van der Waals surface area contributed by atoms with E-state index in [2.05, 4.69) is 9.97 Å². The standard InChI is InChI=1S/C6H6N2O2.C4H9NO2.Mn/c9-6(10)2-1-5-3-7-4-8-5;1-3(2-5)4(6)7;/h1-4H,(H,7,8)(H,9,10);3H,2,5H2,1H3,(H,6,7);/q;;+2/p-2. The second-order valence-electron chi connectivity index (χ2n) is 3.10. The summed E-state index contributed by atoms with van der Waals surface area (Å²) < 4.78 is 0. The first kappa shape index (κ1) is 18.7. The second kappa shape index (κ2) is 10.5. The number of aliphatic carboxylic acids is 2. The molecule has 0 aliphatic rings. The smallest absolute Gasteiger partial charge is 0.550 e. The number of carboxylic acid groups (broad SMARTS) is 2. The average molecular weight is 294 g/mol. The number of rotatable bonds is 4. The van der Waals surface area contributed by atoms with Crippen molar-refractivity contribution in [2.45, 2.75) is 6.92 Å². The van der Waals surface area contributed by atoms with Gasteiger partial charge in [0.25, 0.3) is 0 Å². The summed E-state index contributed by atoms with van der Waals surface area (Å²) in [6, 6.07) is 0. The van der Waals surface area contributed by atoms with Gasteiger partial charge in [0, 0.05) is 24.6 Å². The molecule has 99 valence electrons. The van der Waals surface area contributed by atoms with Gasteiger partial charge >= 0.3 is 17.1 Å². The Labute approximate surface area is 115 Å². The molecular formula is C10H13MnN3O4. The van der Waals surface area contributed by atoms with E-state index in [1.165, 1.54) is 19.3 Å². The fourth-order valence-corrected chi connectivity index (χ4v) is 0.613. The Morgan fingerprint density at radius 3 is 2.44 bits per heavy atom. The van der Waals surface area contributed by atoms with Gasteiger partial charge < -0.3 is 30.5 Å². The van der Waals surface area contributed by atoms with Crippen molar-refractivity contribution in [1.82, 2.24) is 9.97 Å². The SMILES string of the molecule is CC(CN)C(=O)[O-].O=C([O-])C=Cc1c[nH]cn1.[Mn+2]. The van der Waals surface area contributed by atoms with Crippen LogP contribution in [0.25, 0.3) is 6.08 Å². The van der Waals surface area contributed by atoms with Gasteiger partial charge in [0.15, 0.2) is 0 Å². The number of hydrogen-bond donors (Lipinski definition) is 2. The van der Waals surface area contributed by atoms with Gasteiger partial charge in [0.2, 0.25) is 0 Å². The van der Waals surface area contributed by atoms with Crippen LogP contribution >= 0.6 is 0 Å². The van der Waals surface area contributed by atoms with E-state index in [0.29, 0.717) is 5.69 Å². The fourth-order valence-electron chi connectivity index (χ4n) is 0.613. The number of imidazole rings is 1. The van der Waals surface area contributed by atoms with E-state index in [0.717, 1.165) is 6.08 Å². The molecule has 1 rings (SSSR count). The van der Waals surface area contributed by atoms with E-state index in [1.807, 2.05) is 0 Å². The number of hydrogen-bond acceptors (Lipinski definition) is 6. The topological polar surface area (TPSA) is 135 Å². The molecule has 7 nitrogen and oxygen atoms in total. The molecular weight excluding hydrogens is 281 g/mol. The molecule has 0 spiro atoms. The second-order valence-corrected chi connectivity index (χ2v) is 3.10. The van der Waals surface area contributed by atoms with E-state index in [4.69, 9.17) is 5.73 Å². The Balaban J connectivity index is 0. The number of aromatic amines is 1. The van der Waals surface area contributed by atoms with Crippen molar-refractivity contribution in [2.75, 3.05) is 6.54 Å². The van der Waals surface area contributed by atoms with Crippen LogP contribution in [-0.4, -0.2) is 28.5 Å². The number of carbonyl (C=O) groups is 2. The molecule has 1 atom stereocenters. The van der Waals surface area contributed by atoms with Crippen LogP contribution in [0.5, 0.6) is 0 Å². The minimum Gasteiger partial charge on any atom is -0.550 e. The molecule has 1 aromatic rings. The van der Waals surface area contributed by atoms with Crippen molar-refractivity contribution < 1.29 is 36.9 Å². The molecule has 0 aromatic carbocycles. The summed E-state index contributed by atoms with van der Waals surface area (Å²) in [6.45, 7) is 1.66. The molecule has 8 heteroatoms. The molecule has 3 N–H and O–H groups in total. The third-order valence-electron chi connectivity index (χ3n) is 1.67. The molecule has 0 fully saturated rings. The van der Waals surface area contributed by atoms with Gasteiger partial charge in [-0.25, -0.2) is 4.98 Å². The molecule has 1 aromatic heterocycles. The Bertz CT molecular complexity index is 378. The summed E-state index contributed by atoms with van der Waals surface area (Å²) in [5, 5.41) is 19.6. The van der Waals surface area contributed by atoms with Crippen LogP contribution in [0.2, 0.25) is 0 Å². The summed E-state index contributed by atoms with van der Waals surface area (Å²) in [7, 11) is 0. The van der Waals surface area contributed by atoms with E-state index < -0.39 is 17.9 Å². The van der Waals surface area contributed by atoms with Crippen molar-refractivity contribution >= 4 is 18.0 Å². The zero-order valence-electron chi connectivity index (χ0n) is 9.63. The summed E-state index contributed by atoms with van der Waals surface area (Å²) >= 11 is 0. The predicted octanol–water partition coefficient (Wildman–Crippen LogP) is -2.50. The number of nitrogens with two attached hydrogens (primary N) is 1. The third kappa shape index (κ3) is 9.59. The van der Waals surface area contributed by atoms with Gasteiger partial charge in [-0.3, -0.25) is 0 Å². The number of carbonyl (C=O) groups excluding carboxylic acids is 2. The van der Waals surface area contributed by atoms with Gasteiger partial charge in [0.1, 0.15) is 0 Å². The molecule has 1 heterocycles. The number of nitrogens with one attached hydrogen (secondary N) is 1. The molecule has 0 aliphatic carbocycles. The Kier molecular flexibility index (Phi) is 10.9. The number of aromatic nitrogens is 2. The Hall–Kier alpha value is -1.63. The van der Waals surface area contributed by atoms with Gasteiger partial charge in [-0.05, 0) is 12.2 Å². The summed E-state index contributed by atoms with van der Waals surface area (Å²) in [6.07, 6.45) is 5.33. The van der Waals surface area contributed by atoms with E-state index in [1.54, 1.807) is 6.20 Å². The van der Waals surface area contributed by atoms with E-state index in [-0.39, 0.29) is 23.6 Å². The maximum Gasteiger partial charge on any atom is 2.00 e. The van der Waals surface area contributed by atoms with Crippen molar-refractivity contribution in [2.24, 2.45) is 11.7 Å². The maximum absolute atomic E-state index is 9.86. The number of H-pyrrole nitrogens is 1. The van der Waals surface area contributed by atoms with Crippen LogP contribution in [0.4, 0.5) is 0 Å². The van der Waals surface area contributed by atoms with Crippen molar-refractivity contribution in [3.05, 3.63) is 24.3 Å². The molecule has 0 aliphatic heterocycles. The van der Waals surface area contributed by atoms with E-state index in [9.17, 15) is 19.8 Å². The predicted molar refractivity (Wildman–Crippen MR) is 55.9 cm³/mol. The normalized spacial score (nSPS) is 11.0. The molecule has 1 unspecified atom stereocenters. The van der Waals surface area contributed by atoms with Crippen LogP contribution in [0.3, 0.4) is 0 Å². The monoisotopic (exact) mass is 294 g/mol. The van der Waals surface area contributed by atoms with Crippen LogP contribution in [0, 0.1) is 5.92 Å². The first-order valence-corrected chi connectivity index (χ1v) is 4.76. The largest absolute Gasteiger partial charge is 2.00 e. The molecule has 0 amide bonds. The van der Waals surface area contributed by atoms with Crippen molar-refractivity contribution in [1.29, 1.82) is 0 Å². The van der Waals surface area contributed by atoms with Crippen molar-refractivity contribution in [3.63, 3.8) is 0 Å². The first-order chi connectivity index (χ1) is 7.97. The third-order valence-corrected chi connectivity index (χ3v) is 1.67. The number of nitrogens with zero attached hydrogens (tertiary/aromatic N) is 1. The fraction of sp³-hybridized carbons (Fsp3) is 0.300. The summed E-state index contributed by atoms with van der Waals surface area (Å²) in [5.74, 6) is -2.81. The average Bonchev–Trinajstić information content (AvgIpc) is 2.78. The van der Waals surface area contributed by atoms with Gasteiger partial charge in [-0.15, -0.1) is 0 Å². The zero-order chi connectivity index (χ0) is 13.3. The quantitative estimate of drug-likeness (QED) is 0.465. The Morgan fingerprint density at radius 1 is 1.56 bits per heavy atom. The van der Waals surface area contributed by atoms with Crippen LogP contribution in [-0.2, 0) is 26.7 Å². The molecule has 18 heavy (non-hydrogen) atoms. The van der Waals surface area contributed by atoms with E-state index >= 15 is 0 Å². The van der Waals surface area contributed by atoms with Crippen LogP contribution in [0.1, 0.15) is 12.6 Å². The van der Waals surface area contributed by atoms with Gasteiger partial charge in [-0.1, -0.05) is 6.92 Å². The molecule has 0 saturated carbocycles. The molecule has 0 saturated heterocycles. The minimum atomic E-state index is -1.22. The van der Waals surface area contributed by atoms with Crippen LogP contribution in [0.15, 0.2) is 18.6 Å². The van der Waals surface area contributed by atoms with Gasteiger partial charge in [-0.2, -0.15) is 0 Å². The molecule has 0 bridgehead atoms.